The largest absolute Gasteiger partial charge is 0.466 e. The number of fused-ring (bicyclic) bond motifs is 5. The highest BCUT2D eigenvalue weighted by atomic mass is 16.5. The molecule has 4 aliphatic carbocycles. The molecule has 4 aliphatic rings. The lowest BCUT2D eigenvalue weighted by Gasteiger charge is -2.65. The molecule has 0 radical (unpaired) electrons. The van der Waals surface area contributed by atoms with E-state index < -0.39 is 22.7 Å². The normalized spacial score (nSPS) is 35.4. The van der Waals surface area contributed by atoms with E-state index in [2.05, 4.69) is 79.7 Å². The minimum atomic E-state index is -1.02. The Kier molecular flexibility index (Phi) is 8.40. The summed E-state index contributed by atoms with van der Waals surface area (Å²) in [5.41, 5.74) is 0.672. The number of rotatable bonds is 8. The van der Waals surface area contributed by atoms with Crippen LogP contribution in [0.2, 0.25) is 0 Å². The van der Waals surface area contributed by atoms with E-state index in [1.165, 1.54) is 0 Å². The molecule has 0 unspecified atom stereocenters. The Balaban J connectivity index is 1.31. The first-order valence-electron chi connectivity index (χ1n) is 17.6. The minimum Gasteiger partial charge on any atom is -0.466 e. The lowest BCUT2D eigenvalue weighted by molar-refractivity contribution is -0.253. The molecule has 0 spiro atoms. The fourth-order valence-corrected chi connectivity index (χ4v) is 11.0. The molecule has 0 amide bonds. The standard InChI is InChI=1S/C41H50O5/c1-3-45-37(43)36-20-19-34-33-22-26-40(44)27-32(42)21-25-39(40,35(33)23-24-38(34,36)2)28-46-41(29-13-7-4-8-14-29,30-15-9-5-10-16-30)31-17-11-6-12-18-31/h4-18,32-36,42,44H,3,19-28H2,1-2H3/t32-,33+,34+,35+,36-,38+,39+,40-/m1/s1. The van der Waals surface area contributed by atoms with Crippen molar-refractivity contribution in [3.8, 4) is 0 Å². The SMILES string of the molecule is CCOC(=O)[C@H]1CC[C@H]2[C@@H]3CC[C@@]4(O)C[C@H](O)CC[C@]4(COC(c4ccccc4)(c4ccccc4)c4ccccc4)[C@H]3CC[C@]12C. The average molecular weight is 623 g/mol. The Bertz CT molecular complexity index is 1400. The van der Waals surface area contributed by atoms with Crippen LogP contribution >= 0.6 is 0 Å². The molecule has 0 saturated heterocycles. The molecule has 0 aromatic heterocycles. The van der Waals surface area contributed by atoms with Crippen molar-refractivity contribution in [2.75, 3.05) is 13.2 Å². The molecule has 3 aromatic rings. The number of hydrogen-bond donors (Lipinski definition) is 2. The summed E-state index contributed by atoms with van der Waals surface area (Å²) < 4.78 is 13.1. The van der Waals surface area contributed by atoms with Gasteiger partial charge in [0.15, 0.2) is 0 Å². The first kappa shape index (κ1) is 31.6. The molecule has 4 fully saturated rings. The second-order valence-corrected chi connectivity index (χ2v) is 15.0. The molecule has 3 aromatic carbocycles. The Morgan fingerprint density at radius 1 is 0.783 bits per heavy atom. The molecular weight excluding hydrogens is 572 g/mol. The van der Waals surface area contributed by atoms with Crippen LogP contribution in [0.1, 0.15) is 88.3 Å². The topological polar surface area (TPSA) is 76.0 Å². The number of aliphatic hydroxyl groups excluding tert-OH is 1. The Hall–Kier alpha value is -2.99. The van der Waals surface area contributed by atoms with Crippen molar-refractivity contribution >= 4 is 5.97 Å². The maximum Gasteiger partial charge on any atom is 0.309 e. The second kappa shape index (κ2) is 12.2. The highest BCUT2D eigenvalue weighted by molar-refractivity contribution is 5.74. The summed E-state index contributed by atoms with van der Waals surface area (Å²) in [7, 11) is 0. The smallest absolute Gasteiger partial charge is 0.309 e. The average Bonchev–Trinajstić information content (AvgIpc) is 3.44. The predicted molar refractivity (Wildman–Crippen MR) is 179 cm³/mol. The summed E-state index contributed by atoms with van der Waals surface area (Å²) in [5, 5.41) is 23.7. The van der Waals surface area contributed by atoms with Crippen molar-refractivity contribution in [2.45, 2.75) is 88.9 Å². The third kappa shape index (κ3) is 4.88. The monoisotopic (exact) mass is 622 g/mol. The fraction of sp³-hybridized carbons (Fsp3) is 0.537. The summed E-state index contributed by atoms with van der Waals surface area (Å²) in [6, 6.07) is 31.5. The van der Waals surface area contributed by atoms with Gasteiger partial charge in [-0.05, 0) is 98.1 Å². The maximum atomic E-state index is 13.2. The molecule has 8 atom stereocenters. The van der Waals surface area contributed by atoms with Gasteiger partial charge in [0.1, 0.15) is 5.60 Å². The van der Waals surface area contributed by atoms with Gasteiger partial charge in [0.2, 0.25) is 0 Å². The van der Waals surface area contributed by atoms with Crippen molar-refractivity contribution in [1.82, 2.24) is 0 Å². The quantitative estimate of drug-likeness (QED) is 0.199. The van der Waals surface area contributed by atoms with Crippen LogP contribution in [0.3, 0.4) is 0 Å². The van der Waals surface area contributed by atoms with E-state index in [9.17, 15) is 15.0 Å². The van der Waals surface area contributed by atoms with Crippen molar-refractivity contribution in [2.24, 2.45) is 34.5 Å². The van der Waals surface area contributed by atoms with Crippen molar-refractivity contribution in [3.63, 3.8) is 0 Å². The number of benzene rings is 3. The van der Waals surface area contributed by atoms with Crippen molar-refractivity contribution in [3.05, 3.63) is 108 Å². The van der Waals surface area contributed by atoms with E-state index in [-0.39, 0.29) is 23.2 Å². The van der Waals surface area contributed by atoms with E-state index in [4.69, 9.17) is 9.47 Å². The van der Waals surface area contributed by atoms with E-state index in [1.807, 2.05) is 25.1 Å². The molecule has 0 bridgehead atoms. The van der Waals surface area contributed by atoms with Gasteiger partial charge >= 0.3 is 5.97 Å². The van der Waals surface area contributed by atoms with Crippen molar-refractivity contribution < 1.29 is 24.5 Å². The van der Waals surface area contributed by atoms with Gasteiger partial charge in [-0.1, -0.05) is 97.9 Å². The zero-order valence-electron chi connectivity index (χ0n) is 27.4. The van der Waals surface area contributed by atoms with Gasteiger partial charge in [0.05, 0.1) is 30.8 Å². The first-order valence-corrected chi connectivity index (χ1v) is 17.6. The molecule has 0 aliphatic heterocycles. The zero-order valence-corrected chi connectivity index (χ0v) is 27.4. The first-order chi connectivity index (χ1) is 22.3. The minimum absolute atomic E-state index is 0.0320. The molecule has 0 heterocycles. The summed E-state index contributed by atoms with van der Waals surface area (Å²) in [6.07, 6.45) is 6.66. The lowest BCUT2D eigenvalue weighted by atomic mass is 9.43. The van der Waals surface area contributed by atoms with Gasteiger partial charge in [-0.3, -0.25) is 4.79 Å². The highest BCUT2D eigenvalue weighted by Crippen LogP contribution is 2.69. The fourth-order valence-electron chi connectivity index (χ4n) is 11.0. The summed E-state index contributed by atoms with van der Waals surface area (Å²) >= 11 is 0. The highest BCUT2D eigenvalue weighted by Gasteiger charge is 2.67. The van der Waals surface area contributed by atoms with E-state index >= 15 is 0 Å². The number of carbonyl (C=O) groups excluding carboxylic acids is 1. The van der Waals surface area contributed by atoms with Crippen molar-refractivity contribution in [1.29, 1.82) is 0 Å². The summed E-state index contributed by atoms with van der Waals surface area (Å²) in [5.74, 6) is 0.975. The molecule has 244 valence electrons. The van der Waals surface area contributed by atoms with Crippen LogP contribution in [0, 0.1) is 34.5 Å². The van der Waals surface area contributed by atoms with Crippen LogP contribution in [-0.4, -0.2) is 41.1 Å². The van der Waals surface area contributed by atoms with Crippen LogP contribution in [0.15, 0.2) is 91.0 Å². The number of ether oxygens (including phenoxy) is 2. The van der Waals surface area contributed by atoms with Gasteiger partial charge < -0.3 is 19.7 Å². The molecular formula is C41H50O5. The van der Waals surface area contributed by atoms with Crippen LogP contribution in [0.5, 0.6) is 0 Å². The molecule has 4 saturated carbocycles. The molecule has 5 heteroatoms. The molecule has 7 rings (SSSR count). The number of aliphatic hydroxyl groups is 2. The van der Waals surface area contributed by atoms with Crippen LogP contribution in [0.4, 0.5) is 0 Å². The van der Waals surface area contributed by atoms with E-state index in [0.29, 0.717) is 44.3 Å². The number of hydrogen-bond acceptors (Lipinski definition) is 5. The van der Waals surface area contributed by atoms with Gasteiger partial charge in [-0.15, -0.1) is 0 Å². The molecule has 5 nitrogen and oxygen atoms in total. The van der Waals surface area contributed by atoms with E-state index in [0.717, 1.165) is 55.2 Å². The third-order valence-electron chi connectivity index (χ3n) is 13.1. The Morgan fingerprint density at radius 2 is 1.37 bits per heavy atom. The second-order valence-electron chi connectivity index (χ2n) is 15.0. The third-order valence-corrected chi connectivity index (χ3v) is 13.1. The Labute approximate surface area is 274 Å². The lowest BCUT2D eigenvalue weighted by Crippen LogP contribution is -2.66. The molecule has 2 N–H and O–H groups in total. The van der Waals surface area contributed by atoms with Gasteiger partial charge in [0, 0.05) is 11.8 Å². The zero-order chi connectivity index (χ0) is 32.0. The Morgan fingerprint density at radius 3 is 1.93 bits per heavy atom. The number of carbonyl (C=O) groups is 1. The summed E-state index contributed by atoms with van der Waals surface area (Å²) in [6.45, 7) is 5.04. The van der Waals surface area contributed by atoms with Crippen LogP contribution in [-0.2, 0) is 19.9 Å². The number of esters is 1. The van der Waals surface area contributed by atoms with Crippen LogP contribution in [0.25, 0.3) is 0 Å². The maximum absolute atomic E-state index is 13.2. The van der Waals surface area contributed by atoms with E-state index in [1.54, 1.807) is 0 Å². The van der Waals surface area contributed by atoms with Crippen LogP contribution < -0.4 is 0 Å². The summed E-state index contributed by atoms with van der Waals surface area (Å²) in [4.78, 5) is 13.2. The molecule has 46 heavy (non-hydrogen) atoms. The van der Waals surface area contributed by atoms with Gasteiger partial charge in [0.25, 0.3) is 0 Å². The predicted octanol–water partition coefficient (Wildman–Crippen LogP) is 7.67. The van der Waals surface area contributed by atoms with Gasteiger partial charge in [-0.25, -0.2) is 0 Å². The van der Waals surface area contributed by atoms with Gasteiger partial charge in [-0.2, -0.15) is 0 Å².